The van der Waals surface area contributed by atoms with Gasteiger partial charge in [0.25, 0.3) is 0 Å². The normalized spacial score (nSPS) is 10.9. The SMILES string of the molecule is CC(C)c1ccccc1NCC#CC(C)(C)C. The van der Waals surface area contributed by atoms with Gasteiger partial charge in [-0.15, -0.1) is 0 Å². The molecule has 0 aromatic heterocycles. The van der Waals surface area contributed by atoms with Gasteiger partial charge in [0, 0.05) is 11.1 Å². The molecule has 0 aliphatic rings. The summed E-state index contributed by atoms with van der Waals surface area (Å²) >= 11 is 0. The van der Waals surface area contributed by atoms with Crippen molar-refractivity contribution in [3.8, 4) is 11.8 Å². The third kappa shape index (κ3) is 4.95. The lowest BCUT2D eigenvalue weighted by Gasteiger charge is -2.13. The second-order valence-corrected chi connectivity index (χ2v) is 5.65. The molecule has 1 N–H and O–H groups in total. The quantitative estimate of drug-likeness (QED) is 0.763. The lowest BCUT2D eigenvalue weighted by atomic mass is 9.98. The maximum Gasteiger partial charge on any atom is 0.0766 e. The van der Waals surface area contributed by atoms with Crippen LogP contribution in [0, 0.1) is 17.3 Å². The number of para-hydroxylation sites is 1. The van der Waals surface area contributed by atoms with E-state index in [2.05, 4.69) is 76.0 Å². The van der Waals surface area contributed by atoms with Gasteiger partial charge < -0.3 is 5.32 Å². The van der Waals surface area contributed by atoms with Crippen molar-refractivity contribution in [3.63, 3.8) is 0 Å². The maximum atomic E-state index is 3.39. The molecule has 1 aromatic carbocycles. The Labute approximate surface area is 106 Å². The van der Waals surface area contributed by atoms with E-state index in [9.17, 15) is 0 Å². The fourth-order valence-corrected chi connectivity index (χ4v) is 1.61. The van der Waals surface area contributed by atoms with Crippen LogP contribution in [0.4, 0.5) is 5.69 Å². The van der Waals surface area contributed by atoms with Gasteiger partial charge in [0.15, 0.2) is 0 Å². The van der Waals surface area contributed by atoms with Crippen molar-refractivity contribution in [2.75, 3.05) is 11.9 Å². The highest BCUT2D eigenvalue weighted by atomic mass is 14.9. The molecule has 0 fully saturated rings. The van der Waals surface area contributed by atoms with Crippen LogP contribution in [0.25, 0.3) is 0 Å². The van der Waals surface area contributed by atoms with E-state index in [4.69, 9.17) is 0 Å². The minimum absolute atomic E-state index is 0.0826. The molecule has 0 saturated heterocycles. The van der Waals surface area contributed by atoms with E-state index < -0.39 is 0 Å². The Morgan fingerprint density at radius 2 is 1.82 bits per heavy atom. The Morgan fingerprint density at radius 1 is 1.18 bits per heavy atom. The van der Waals surface area contributed by atoms with Crippen LogP contribution in [-0.4, -0.2) is 6.54 Å². The van der Waals surface area contributed by atoms with Gasteiger partial charge in [-0.3, -0.25) is 0 Å². The van der Waals surface area contributed by atoms with Crippen LogP contribution < -0.4 is 5.32 Å². The molecule has 0 heterocycles. The lowest BCUT2D eigenvalue weighted by Crippen LogP contribution is -2.05. The van der Waals surface area contributed by atoms with Crippen LogP contribution in [-0.2, 0) is 0 Å². The van der Waals surface area contributed by atoms with E-state index >= 15 is 0 Å². The summed E-state index contributed by atoms with van der Waals surface area (Å²) in [6.45, 7) is 11.5. The Balaban J connectivity index is 2.66. The van der Waals surface area contributed by atoms with Gasteiger partial charge >= 0.3 is 0 Å². The molecule has 1 nitrogen and oxygen atoms in total. The third-order valence-corrected chi connectivity index (χ3v) is 2.41. The van der Waals surface area contributed by atoms with Crippen molar-refractivity contribution in [1.29, 1.82) is 0 Å². The van der Waals surface area contributed by atoms with Crippen molar-refractivity contribution in [3.05, 3.63) is 29.8 Å². The number of rotatable bonds is 3. The number of hydrogen-bond acceptors (Lipinski definition) is 1. The van der Waals surface area contributed by atoms with E-state index in [0.717, 1.165) is 0 Å². The lowest BCUT2D eigenvalue weighted by molar-refractivity contribution is 0.570. The molecule has 1 heteroatoms. The molecular weight excluding hydrogens is 206 g/mol. The van der Waals surface area contributed by atoms with Gasteiger partial charge in [0.05, 0.1) is 6.54 Å². The summed E-state index contributed by atoms with van der Waals surface area (Å²) < 4.78 is 0. The fraction of sp³-hybridized carbons (Fsp3) is 0.500. The molecule has 0 bridgehead atoms. The molecule has 1 aromatic rings. The average Bonchev–Trinajstić information content (AvgIpc) is 2.23. The Hall–Kier alpha value is -1.42. The molecule has 0 spiro atoms. The number of anilines is 1. The zero-order valence-electron chi connectivity index (χ0n) is 11.6. The Kier molecular flexibility index (Phi) is 4.63. The fourth-order valence-electron chi connectivity index (χ4n) is 1.61. The van der Waals surface area contributed by atoms with E-state index in [1.807, 2.05) is 0 Å². The van der Waals surface area contributed by atoms with Crippen molar-refractivity contribution in [2.24, 2.45) is 5.41 Å². The molecule has 92 valence electrons. The first-order chi connectivity index (χ1) is 7.90. The molecule has 1 rings (SSSR count). The Bertz CT molecular complexity index is 413. The standard InChI is InChI=1S/C16H23N/c1-13(2)14-9-6-7-10-15(14)17-12-8-11-16(3,4)5/h6-7,9-10,13,17H,12H2,1-5H3. The molecule has 17 heavy (non-hydrogen) atoms. The first-order valence-corrected chi connectivity index (χ1v) is 6.23. The Morgan fingerprint density at radius 3 is 2.41 bits per heavy atom. The number of benzene rings is 1. The van der Waals surface area contributed by atoms with Gasteiger partial charge in [0.1, 0.15) is 0 Å². The second-order valence-electron chi connectivity index (χ2n) is 5.65. The van der Waals surface area contributed by atoms with Crippen molar-refractivity contribution >= 4 is 5.69 Å². The highest BCUT2D eigenvalue weighted by molar-refractivity contribution is 5.53. The van der Waals surface area contributed by atoms with Crippen LogP contribution in [0.1, 0.15) is 46.1 Å². The predicted octanol–water partition coefficient (Wildman–Crippen LogP) is 4.27. The molecule has 0 atom stereocenters. The van der Waals surface area contributed by atoms with Crippen molar-refractivity contribution in [1.82, 2.24) is 0 Å². The molecule has 0 aliphatic heterocycles. The summed E-state index contributed by atoms with van der Waals surface area (Å²) in [7, 11) is 0. The first kappa shape index (κ1) is 13.6. The van der Waals surface area contributed by atoms with Crippen LogP contribution in [0.5, 0.6) is 0 Å². The molecule has 0 amide bonds. The monoisotopic (exact) mass is 229 g/mol. The van der Waals surface area contributed by atoms with E-state index in [1.165, 1.54) is 11.3 Å². The summed E-state index contributed by atoms with van der Waals surface area (Å²) in [4.78, 5) is 0. The molecule has 0 unspecified atom stereocenters. The van der Waals surface area contributed by atoms with Crippen LogP contribution in [0.3, 0.4) is 0 Å². The summed E-state index contributed by atoms with van der Waals surface area (Å²) in [5.41, 5.74) is 2.63. The predicted molar refractivity (Wildman–Crippen MR) is 76.3 cm³/mol. The minimum atomic E-state index is 0.0826. The van der Waals surface area contributed by atoms with Crippen LogP contribution >= 0.6 is 0 Å². The van der Waals surface area contributed by atoms with E-state index in [1.54, 1.807) is 0 Å². The number of nitrogens with one attached hydrogen (secondary N) is 1. The molecule has 0 aliphatic carbocycles. The summed E-state index contributed by atoms with van der Waals surface area (Å²) in [6.07, 6.45) is 0. The van der Waals surface area contributed by atoms with Gasteiger partial charge in [-0.05, 0) is 38.3 Å². The van der Waals surface area contributed by atoms with Gasteiger partial charge in [-0.1, -0.05) is 43.9 Å². The van der Waals surface area contributed by atoms with Gasteiger partial charge in [-0.25, -0.2) is 0 Å². The minimum Gasteiger partial charge on any atom is -0.374 e. The maximum absolute atomic E-state index is 3.39. The molecule has 0 radical (unpaired) electrons. The van der Waals surface area contributed by atoms with Crippen LogP contribution in [0.15, 0.2) is 24.3 Å². The van der Waals surface area contributed by atoms with Gasteiger partial charge in [-0.2, -0.15) is 0 Å². The zero-order valence-corrected chi connectivity index (χ0v) is 11.6. The zero-order chi connectivity index (χ0) is 12.9. The van der Waals surface area contributed by atoms with E-state index in [-0.39, 0.29) is 5.41 Å². The summed E-state index contributed by atoms with van der Waals surface area (Å²) in [6, 6.07) is 8.44. The smallest absolute Gasteiger partial charge is 0.0766 e. The third-order valence-electron chi connectivity index (χ3n) is 2.41. The molecular formula is C16H23N. The van der Waals surface area contributed by atoms with Crippen molar-refractivity contribution < 1.29 is 0 Å². The first-order valence-electron chi connectivity index (χ1n) is 6.23. The van der Waals surface area contributed by atoms with Gasteiger partial charge in [0.2, 0.25) is 0 Å². The molecule has 0 saturated carbocycles. The highest BCUT2D eigenvalue weighted by Gasteiger charge is 2.05. The highest BCUT2D eigenvalue weighted by Crippen LogP contribution is 2.23. The van der Waals surface area contributed by atoms with E-state index in [0.29, 0.717) is 12.5 Å². The average molecular weight is 229 g/mol. The topological polar surface area (TPSA) is 12.0 Å². The number of hydrogen-bond donors (Lipinski definition) is 1. The summed E-state index contributed by atoms with van der Waals surface area (Å²) in [5, 5.41) is 3.39. The largest absolute Gasteiger partial charge is 0.374 e. The second kappa shape index (κ2) is 5.77. The van der Waals surface area contributed by atoms with Crippen molar-refractivity contribution in [2.45, 2.75) is 40.5 Å². The summed E-state index contributed by atoms with van der Waals surface area (Å²) in [5.74, 6) is 6.94. The van der Waals surface area contributed by atoms with Crippen LogP contribution in [0.2, 0.25) is 0 Å².